The number of benzene rings is 2. The molecule has 0 saturated carbocycles. The van der Waals surface area contributed by atoms with Gasteiger partial charge in [-0.2, -0.15) is 10.4 Å². The fraction of sp³-hybridized carbons (Fsp3) is 0.0588. The molecule has 8 nitrogen and oxygen atoms in total. The summed E-state index contributed by atoms with van der Waals surface area (Å²) in [5.41, 5.74) is 2.79. The van der Waals surface area contributed by atoms with Crippen LogP contribution in [0.2, 0.25) is 5.02 Å². The average molecular weight is 427 g/mol. The van der Waals surface area contributed by atoms with Crippen LogP contribution < -0.4 is 15.1 Å². The first-order valence-corrected chi connectivity index (χ1v) is 8.92. The van der Waals surface area contributed by atoms with Gasteiger partial charge in [-0.3, -0.25) is 0 Å². The largest absolute Gasteiger partial charge is 0.494 e. The number of carboxylic acids is 1. The van der Waals surface area contributed by atoms with Crippen LogP contribution in [0.3, 0.4) is 0 Å². The number of aromatic nitrogens is 1. The van der Waals surface area contributed by atoms with Crippen molar-refractivity contribution in [3.05, 3.63) is 58.2 Å². The maximum absolute atomic E-state index is 13.1. The van der Waals surface area contributed by atoms with Gasteiger partial charge in [0.1, 0.15) is 27.2 Å². The van der Waals surface area contributed by atoms with Crippen LogP contribution in [0.1, 0.15) is 10.4 Å². The minimum absolute atomic E-state index is 0.0267. The van der Waals surface area contributed by atoms with Crippen LogP contribution in [0.15, 0.2) is 41.8 Å². The molecular weight excluding hydrogens is 413 g/mol. The second-order valence-electron chi connectivity index (χ2n) is 5.57. The highest BCUT2D eigenvalue weighted by molar-refractivity contribution is 7.13. The number of quaternary nitrogens is 1. The summed E-state index contributed by atoms with van der Waals surface area (Å²) in [5.74, 6) is -1.80. The molecule has 0 aliphatic carbocycles. The summed E-state index contributed by atoms with van der Waals surface area (Å²) in [4.78, 5) is 13.5. The zero-order chi connectivity index (χ0) is 20.5. The monoisotopic (exact) mass is 426 g/mol. The summed E-state index contributed by atoms with van der Waals surface area (Å²) in [5, 5.41) is 31.6. The van der Waals surface area contributed by atoms with Crippen LogP contribution in [-0.4, -0.2) is 33.6 Å². The van der Waals surface area contributed by atoms with Crippen LogP contribution in [-0.2, 0) is 0 Å². The quantitative estimate of drug-likeness (QED) is 0.341. The zero-order valence-corrected chi connectivity index (χ0v) is 15.8. The highest BCUT2D eigenvalue weighted by Gasteiger charge is 2.33. The number of ether oxygens (including phenoxy) is 1. The summed E-state index contributed by atoms with van der Waals surface area (Å²) in [6.45, 7) is 0. The number of carbonyl (C=O) groups is 1. The van der Waals surface area contributed by atoms with Gasteiger partial charge in [0.25, 0.3) is 0 Å². The number of halogens is 2. The first kappa shape index (κ1) is 20.0. The maximum Gasteiger partial charge on any atom is 0.337 e. The van der Waals surface area contributed by atoms with Crippen LogP contribution in [0.5, 0.6) is 5.75 Å². The number of methoxy groups -OCH3 is 1. The molecule has 3 rings (SSSR count). The highest BCUT2D eigenvalue weighted by Crippen LogP contribution is 2.35. The number of aromatic carboxylic acids is 1. The van der Waals surface area contributed by atoms with Crippen molar-refractivity contribution in [1.29, 1.82) is 0 Å². The summed E-state index contributed by atoms with van der Waals surface area (Å²) in [6.07, 6.45) is 0. The topological polar surface area (TPSA) is 112 Å². The number of hydrogen-bond acceptors (Lipinski definition) is 7. The van der Waals surface area contributed by atoms with E-state index in [1.165, 1.54) is 42.8 Å². The standard InChI is InChI=1S/C17H13ClFN3O5S/c1-27-14-6-11(17(23)24)12(18)7-13(14)21-22(25,26)15-8-28-16(20-15)9-2-4-10(19)5-3-9/h2-8,21,25-26H,1H3/p+1. The van der Waals surface area contributed by atoms with Crippen LogP contribution in [0.25, 0.3) is 10.6 Å². The Balaban J connectivity index is 1.91. The molecule has 2 aromatic carbocycles. The van der Waals surface area contributed by atoms with Gasteiger partial charge in [-0.05, 0) is 36.4 Å². The van der Waals surface area contributed by atoms with Crippen LogP contribution in [0, 0.1) is 5.82 Å². The second-order valence-corrected chi connectivity index (χ2v) is 6.83. The van der Waals surface area contributed by atoms with Gasteiger partial charge >= 0.3 is 11.8 Å². The number of nitrogens with zero attached hydrogens (tertiary/aromatic N) is 2. The number of nitrogens with one attached hydrogen (secondary N) is 1. The van der Waals surface area contributed by atoms with E-state index in [0.29, 0.717) is 10.6 Å². The van der Waals surface area contributed by atoms with Gasteiger partial charge in [0.15, 0.2) is 0 Å². The van der Waals surface area contributed by atoms with Crippen molar-refractivity contribution in [2.75, 3.05) is 12.5 Å². The Hall–Kier alpha value is -2.76. The van der Waals surface area contributed by atoms with Gasteiger partial charge in [-0.1, -0.05) is 11.6 Å². The summed E-state index contributed by atoms with van der Waals surface area (Å²) in [7, 11) is 1.29. The van der Waals surface area contributed by atoms with E-state index in [9.17, 15) is 19.6 Å². The molecular formula is C17H14ClFN3O5S+. The normalized spacial score (nSPS) is 11.3. The Kier molecular flexibility index (Phi) is 5.49. The van der Waals surface area contributed by atoms with Crippen LogP contribution >= 0.6 is 22.9 Å². The predicted molar refractivity (Wildman–Crippen MR) is 101 cm³/mol. The number of thiazole rings is 1. The molecule has 0 aliphatic heterocycles. The number of rotatable bonds is 6. The van der Waals surface area contributed by atoms with E-state index >= 15 is 0 Å². The molecule has 0 bridgehead atoms. The summed E-state index contributed by atoms with van der Waals surface area (Å²) < 4.78 is 18.1. The third-order valence-electron chi connectivity index (χ3n) is 3.70. The number of carboxylic acid groups (broad SMARTS) is 1. The van der Waals surface area contributed by atoms with Crippen molar-refractivity contribution in [2.45, 2.75) is 0 Å². The first-order chi connectivity index (χ1) is 13.2. The predicted octanol–water partition coefficient (Wildman–Crippen LogP) is 4.42. The fourth-order valence-corrected chi connectivity index (χ4v) is 3.41. The van der Waals surface area contributed by atoms with Crippen molar-refractivity contribution in [1.82, 2.24) is 9.90 Å². The molecule has 11 heteroatoms. The maximum atomic E-state index is 13.1. The molecule has 1 heterocycles. The molecule has 0 saturated heterocycles. The third kappa shape index (κ3) is 4.06. The lowest BCUT2D eigenvalue weighted by Crippen LogP contribution is -2.48. The molecule has 0 radical (unpaired) electrons. The Morgan fingerprint density at radius 2 is 1.96 bits per heavy atom. The van der Waals surface area contributed by atoms with Crippen molar-refractivity contribution in [2.24, 2.45) is 0 Å². The molecule has 0 unspecified atom stereocenters. The summed E-state index contributed by atoms with van der Waals surface area (Å²) in [6, 6.07) is 7.91. The Labute approximate surface area is 167 Å². The van der Waals surface area contributed by atoms with Gasteiger partial charge < -0.3 is 9.84 Å². The van der Waals surface area contributed by atoms with Gasteiger partial charge in [-0.25, -0.2) is 9.18 Å². The third-order valence-corrected chi connectivity index (χ3v) is 4.89. The lowest BCUT2D eigenvalue weighted by Gasteiger charge is -2.20. The fourth-order valence-electron chi connectivity index (χ4n) is 2.33. The first-order valence-electron chi connectivity index (χ1n) is 7.67. The van der Waals surface area contributed by atoms with E-state index in [1.54, 1.807) is 0 Å². The van der Waals surface area contributed by atoms with E-state index in [-0.39, 0.29) is 27.8 Å². The molecule has 3 aromatic rings. The van der Waals surface area contributed by atoms with E-state index in [0.717, 1.165) is 17.4 Å². The Bertz CT molecular complexity index is 1030. The smallest absolute Gasteiger partial charge is 0.337 e. The molecule has 4 N–H and O–H groups in total. The van der Waals surface area contributed by atoms with E-state index in [2.05, 4.69) is 10.4 Å². The molecule has 0 spiro atoms. The van der Waals surface area contributed by atoms with Gasteiger partial charge in [0.05, 0.1) is 23.1 Å². The highest BCUT2D eigenvalue weighted by atomic mass is 35.5. The van der Waals surface area contributed by atoms with E-state index in [4.69, 9.17) is 21.4 Å². The molecule has 28 heavy (non-hydrogen) atoms. The van der Waals surface area contributed by atoms with Gasteiger partial charge in [0.2, 0.25) is 0 Å². The lowest BCUT2D eigenvalue weighted by atomic mass is 10.2. The minimum atomic E-state index is -1.85. The minimum Gasteiger partial charge on any atom is -0.494 e. The molecule has 0 aliphatic rings. The second kappa shape index (κ2) is 7.70. The van der Waals surface area contributed by atoms with Crippen molar-refractivity contribution >= 4 is 40.4 Å². The zero-order valence-electron chi connectivity index (χ0n) is 14.3. The average Bonchev–Trinajstić information content (AvgIpc) is 3.13. The summed E-state index contributed by atoms with van der Waals surface area (Å²) >= 11 is 7.06. The molecule has 146 valence electrons. The number of anilines is 1. The van der Waals surface area contributed by atoms with Crippen molar-refractivity contribution in [3.63, 3.8) is 0 Å². The van der Waals surface area contributed by atoms with Crippen molar-refractivity contribution < 1.29 is 29.4 Å². The number of hydrogen-bond donors (Lipinski definition) is 4. The Morgan fingerprint density at radius 3 is 2.57 bits per heavy atom. The van der Waals surface area contributed by atoms with E-state index < -0.39 is 16.7 Å². The van der Waals surface area contributed by atoms with Crippen molar-refractivity contribution in [3.8, 4) is 16.3 Å². The Morgan fingerprint density at radius 1 is 1.29 bits per heavy atom. The molecule has 0 amide bonds. The molecule has 1 aromatic heterocycles. The van der Waals surface area contributed by atoms with Crippen LogP contribution in [0.4, 0.5) is 15.9 Å². The lowest BCUT2D eigenvalue weighted by molar-refractivity contribution is -0.274. The SMILES string of the molecule is COc1cc(C(=O)O)c(Cl)cc1N[N+](O)(O)c1csc(-c2ccc(F)cc2)n1. The van der Waals surface area contributed by atoms with E-state index in [1.807, 2.05) is 0 Å². The van der Waals surface area contributed by atoms with Gasteiger partial charge in [0, 0.05) is 5.56 Å². The van der Waals surface area contributed by atoms with Gasteiger partial charge in [-0.15, -0.1) is 21.8 Å². The molecule has 0 atom stereocenters. The molecule has 0 fully saturated rings.